The van der Waals surface area contributed by atoms with E-state index in [9.17, 15) is 4.39 Å². The molecule has 1 N–H and O–H groups in total. The van der Waals surface area contributed by atoms with Crippen LogP contribution in [0.1, 0.15) is 0 Å². The average molecular weight is 414 g/mol. The average Bonchev–Trinajstić information content (AvgIpc) is 2.81. The summed E-state index contributed by atoms with van der Waals surface area (Å²) in [5, 5.41) is 3.94. The maximum absolute atomic E-state index is 14.0. The summed E-state index contributed by atoms with van der Waals surface area (Å²) < 4.78 is 14.0. The summed E-state index contributed by atoms with van der Waals surface area (Å²) in [5.74, 6) is 0.276. The van der Waals surface area contributed by atoms with E-state index in [1.807, 2.05) is 6.07 Å². The van der Waals surface area contributed by atoms with Gasteiger partial charge in [-0.15, -0.1) is 0 Å². The number of likely N-dealkylation sites (N-methyl/N-ethyl adjacent to an activating group) is 1. The predicted molar refractivity (Wildman–Crippen MR) is 124 cm³/mol. The lowest BCUT2D eigenvalue weighted by atomic mass is 10.0. The quantitative estimate of drug-likeness (QED) is 0.514. The number of anilines is 3. The number of rotatable bonds is 4. The van der Waals surface area contributed by atoms with Crippen LogP contribution in [0.3, 0.4) is 0 Å². The van der Waals surface area contributed by atoms with E-state index in [0.717, 1.165) is 48.2 Å². The molecule has 2 heterocycles. The normalized spacial score (nSPS) is 14.7. The number of nitrogens with one attached hydrogen (secondary N) is 1. The minimum absolute atomic E-state index is 0.314. The van der Waals surface area contributed by atoms with Crippen molar-refractivity contribution in [2.24, 2.45) is 0 Å². The van der Waals surface area contributed by atoms with Crippen molar-refractivity contribution in [2.45, 2.75) is 0 Å². The second-order valence-electron chi connectivity index (χ2n) is 7.90. The van der Waals surface area contributed by atoms with Crippen LogP contribution < -0.4 is 10.2 Å². The van der Waals surface area contributed by atoms with Crippen LogP contribution in [0, 0.1) is 5.82 Å². The van der Waals surface area contributed by atoms with Gasteiger partial charge in [0.1, 0.15) is 18.0 Å². The van der Waals surface area contributed by atoms with Crippen LogP contribution in [0.5, 0.6) is 0 Å². The molecule has 0 unspecified atom stereocenters. The van der Waals surface area contributed by atoms with E-state index in [4.69, 9.17) is 0 Å². The van der Waals surface area contributed by atoms with Gasteiger partial charge >= 0.3 is 0 Å². The molecule has 1 aliphatic rings. The van der Waals surface area contributed by atoms with Crippen LogP contribution in [-0.4, -0.2) is 48.1 Å². The molecule has 0 atom stereocenters. The van der Waals surface area contributed by atoms with Gasteiger partial charge in [-0.3, -0.25) is 0 Å². The zero-order valence-corrected chi connectivity index (χ0v) is 17.4. The minimum Gasteiger partial charge on any atom is -0.369 e. The monoisotopic (exact) mass is 413 g/mol. The molecule has 1 saturated heterocycles. The highest BCUT2D eigenvalue weighted by Gasteiger charge is 2.14. The van der Waals surface area contributed by atoms with E-state index in [-0.39, 0.29) is 5.82 Å². The minimum atomic E-state index is -0.314. The fourth-order valence-electron chi connectivity index (χ4n) is 3.96. The number of aromatic nitrogens is 2. The first-order valence-corrected chi connectivity index (χ1v) is 10.5. The van der Waals surface area contributed by atoms with Gasteiger partial charge in [-0.2, -0.15) is 0 Å². The summed E-state index contributed by atoms with van der Waals surface area (Å²) in [7, 11) is 2.17. The molecule has 5 rings (SSSR count). The van der Waals surface area contributed by atoms with Gasteiger partial charge in [0.05, 0.1) is 11.2 Å². The summed E-state index contributed by atoms with van der Waals surface area (Å²) in [6.07, 6.45) is 1.51. The molecule has 4 aromatic rings. The smallest absolute Gasteiger partial charge is 0.146 e. The van der Waals surface area contributed by atoms with Crippen molar-refractivity contribution < 1.29 is 4.39 Å². The first-order valence-electron chi connectivity index (χ1n) is 10.5. The number of para-hydroxylation sites is 1. The standard InChI is InChI=1S/C25H24FN5/c1-30-12-14-31(15-13-30)20-9-6-18(7-10-20)19-8-11-21-24(16-19)27-17-28-25(21)29-23-5-3-2-4-22(23)26/h2-11,16-17H,12-15H2,1H3,(H,27,28,29). The summed E-state index contributed by atoms with van der Waals surface area (Å²) in [4.78, 5) is 13.5. The van der Waals surface area contributed by atoms with Crippen molar-refractivity contribution in [3.05, 3.63) is 78.9 Å². The maximum atomic E-state index is 14.0. The van der Waals surface area contributed by atoms with Crippen LogP contribution in [0.25, 0.3) is 22.0 Å². The molecule has 31 heavy (non-hydrogen) atoms. The van der Waals surface area contributed by atoms with Crippen LogP contribution in [0.15, 0.2) is 73.1 Å². The molecule has 6 heteroatoms. The molecule has 1 aliphatic heterocycles. The summed E-state index contributed by atoms with van der Waals surface area (Å²) in [5.41, 5.74) is 4.70. The maximum Gasteiger partial charge on any atom is 0.146 e. The second kappa shape index (κ2) is 8.32. The molecule has 0 amide bonds. The van der Waals surface area contributed by atoms with Gasteiger partial charge in [0.2, 0.25) is 0 Å². The van der Waals surface area contributed by atoms with Crippen molar-refractivity contribution in [1.29, 1.82) is 0 Å². The summed E-state index contributed by atoms with van der Waals surface area (Å²) >= 11 is 0. The molecule has 0 saturated carbocycles. The van der Waals surface area contributed by atoms with Gasteiger partial charge in [-0.25, -0.2) is 14.4 Å². The van der Waals surface area contributed by atoms with E-state index < -0.39 is 0 Å². The Morgan fingerprint density at radius 3 is 2.35 bits per heavy atom. The van der Waals surface area contributed by atoms with E-state index in [1.54, 1.807) is 18.2 Å². The van der Waals surface area contributed by atoms with Crippen molar-refractivity contribution in [2.75, 3.05) is 43.4 Å². The largest absolute Gasteiger partial charge is 0.369 e. The molecule has 1 aromatic heterocycles. The topological polar surface area (TPSA) is 44.3 Å². The van der Waals surface area contributed by atoms with Crippen molar-refractivity contribution >= 4 is 28.1 Å². The van der Waals surface area contributed by atoms with Crippen molar-refractivity contribution in [1.82, 2.24) is 14.9 Å². The predicted octanol–water partition coefficient (Wildman–Crippen LogP) is 4.93. The summed E-state index contributed by atoms with van der Waals surface area (Å²) in [6.45, 7) is 4.30. The Morgan fingerprint density at radius 2 is 1.58 bits per heavy atom. The highest BCUT2D eigenvalue weighted by atomic mass is 19.1. The lowest BCUT2D eigenvalue weighted by Gasteiger charge is -2.34. The summed E-state index contributed by atoms with van der Waals surface area (Å²) in [6, 6.07) is 21.4. The van der Waals surface area contributed by atoms with Crippen LogP contribution in [0.4, 0.5) is 21.6 Å². The number of fused-ring (bicyclic) bond motifs is 1. The Hall–Kier alpha value is -3.51. The zero-order chi connectivity index (χ0) is 21.2. The molecule has 0 bridgehead atoms. The first kappa shape index (κ1) is 19.5. The van der Waals surface area contributed by atoms with Gasteiger partial charge in [-0.1, -0.05) is 30.3 Å². The molecule has 156 valence electrons. The van der Waals surface area contributed by atoms with Crippen LogP contribution >= 0.6 is 0 Å². The molecular formula is C25H24FN5. The Labute approximate surface area is 181 Å². The van der Waals surface area contributed by atoms with E-state index >= 15 is 0 Å². The van der Waals surface area contributed by atoms with Crippen LogP contribution in [-0.2, 0) is 0 Å². The highest BCUT2D eigenvalue weighted by molar-refractivity contribution is 5.93. The van der Waals surface area contributed by atoms with E-state index in [1.165, 1.54) is 18.1 Å². The number of nitrogens with zero attached hydrogens (tertiary/aromatic N) is 4. The van der Waals surface area contributed by atoms with Gasteiger partial charge in [0.25, 0.3) is 0 Å². The zero-order valence-electron chi connectivity index (χ0n) is 17.4. The van der Waals surface area contributed by atoms with Crippen molar-refractivity contribution in [3.8, 4) is 11.1 Å². The lowest BCUT2D eigenvalue weighted by Crippen LogP contribution is -2.44. The Morgan fingerprint density at radius 1 is 0.839 bits per heavy atom. The number of hydrogen-bond donors (Lipinski definition) is 1. The third-order valence-electron chi connectivity index (χ3n) is 5.83. The third-order valence-corrected chi connectivity index (χ3v) is 5.83. The lowest BCUT2D eigenvalue weighted by molar-refractivity contribution is 0.313. The van der Waals surface area contributed by atoms with E-state index in [2.05, 4.69) is 68.5 Å². The third kappa shape index (κ3) is 4.07. The first-order chi connectivity index (χ1) is 15.2. The fraction of sp³-hybridized carbons (Fsp3) is 0.200. The number of hydrogen-bond acceptors (Lipinski definition) is 5. The Balaban J connectivity index is 1.41. The molecule has 0 radical (unpaired) electrons. The molecular weight excluding hydrogens is 389 g/mol. The Kier molecular flexibility index (Phi) is 5.22. The van der Waals surface area contributed by atoms with Gasteiger partial charge in [0.15, 0.2) is 0 Å². The SMILES string of the molecule is CN1CCN(c2ccc(-c3ccc4c(Nc5ccccc5F)ncnc4c3)cc2)CC1. The molecule has 0 aliphatic carbocycles. The van der Waals surface area contributed by atoms with Crippen molar-refractivity contribution in [3.63, 3.8) is 0 Å². The Bertz CT molecular complexity index is 1200. The molecule has 5 nitrogen and oxygen atoms in total. The van der Waals surface area contributed by atoms with Gasteiger partial charge in [-0.05, 0) is 54.6 Å². The fourth-order valence-corrected chi connectivity index (χ4v) is 3.96. The van der Waals surface area contributed by atoms with Gasteiger partial charge < -0.3 is 15.1 Å². The van der Waals surface area contributed by atoms with E-state index in [0.29, 0.717) is 11.5 Å². The van der Waals surface area contributed by atoms with Crippen LogP contribution in [0.2, 0.25) is 0 Å². The number of piperazine rings is 1. The second-order valence-corrected chi connectivity index (χ2v) is 7.90. The molecule has 1 fully saturated rings. The number of halogens is 1. The number of benzene rings is 3. The molecule has 3 aromatic carbocycles. The molecule has 0 spiro atoms. The highest BCUT2D eigenvalue weighted by Crippen LogP contribution is 2.29. The van der Waals surface area contributed by atoms with Gasteiger partial charge in [0, 0.05) is 37.3 Å².